The minimum Gasteiger partial charge on any atom is -0.383 e. The summed E-state index contributed by atoms with van der Waals surface area (Å²) in [6, 6.07) is 11.0. The number of carbonyl (C=O) groups is 1. The molecular formula is C30H29F3N6O. The molecule has 0 bridgehead atoms. The van der Waals surface area contributed by atoms with Gasteiger partial charge >= 0.3 is 6.18 Å². The highest BCUT2D eigenvalue weighted by Gasteiger charge is 2.34. The average molecular weight is 547 g/mol. The molecule has 10 heteroatoms. The number of piperazine rings is 1. The Labute approximate surface area is 230 Å². The van der Waals surface area contributed by atoms with Crippen LogP contribution in [-0.4, -0.2) is 63.3 Å². The number of Topliss-reactive ketones (excluding diaryl/α,β-unsaturated/α-hetero) is 1. The van der Waals surface area contributed by atoms with Crippen molar-refractivity contribution in [2.24, 2.45) is 0 Å². The number of benzene rings is 2. The van der Waals surface area contributed by atoms with Crippen LogP contribution >= 0.6 is 0 Å². The number of hydrogen-bond acceptors (Lipinski definition) is 6. The maximum atomic E-state index is 14.0. The third-order valence-corrected chi connectivity index (χ3v) is 7.18. The topological polar surface area (TPSA) is 91.1 Å². The van der Waals surface area contributed by atoms with E-state index in [-0.39, 0.29) is 24.3 Å². The average Bonchev–Trinajstić information content (AvgIpc) is 3.37. The van der Waals surface area contributed by atoms with Gasteiger partial charge in [-0.2, -0.15) is 13.2 Å². The molecule has 0 radical (unpaired) electrons. The summed E-state index contributed by atoms with van der Waals surface area (Å²) in [5, 5.41) is 0.620. The number of carbonyl (C=O) groups excluding carboxylic acids is 1. The SMILES string of the molecule is CCN1CCN(Cc2ccc(CC(=O)c3cccc(C#Cc4c[nH]c5ncnc(N)c45)c3)cc2C(F)(F)F)CC1. The largest absolute Gasteiger partial charge is 0.416 e. The predicted octanol–water partition coefficient (Wildman–Crippen LogP) is 4.52. The lowest BCUT2D eigenvalue weighted by Crippen LogP contribution is -2.45. The van der Waals surface area contributed by atoms with E-state index in [2.05, 4.69) is 38.6 Å². The highest BCUT2D eigenvalue weighted by Crippen LogP contribution is 2.34. The number of halogens is 3. The first-order chi connectivity index (χ1) is 19.2. The van der Waals surface area contributed by atoms with Crippen molar-refractivity contribution >= 4 is 22.6 Å². The van der Waals surface area contributed by atoms with Crippen molar-refractivity contribution in [2.45, 2.75) is 26.1 Å². The van der Waals surface area contributed by atoms with Gasteiger partial charge < -0.3 is 15.6 Å². The fraction of sp³-hybridized carbons (Fsp3) is 0.300. The van der Waals surface area contributed by atoms with Crippen molar-refractivity contribution in [2.75, 3.05) is 38.5 Å². The number of hydrogen-bond donors (Lipinski definition) is 2. The van der Waals surface area contributed by atoms with Gasteiger partial charge in [0.25, 0.3) is 0 Å². The minimum absolute atomic E-state index is 0.147. The van der Waals surface area contributed by atoms with Gasteiger partial charge in [-0.1, -0.05) is 43.0 Å². The monoisotopic (exact) mass is 546 g/mol. The predicted molar refractivity (Wildman–Crippen MR) is 148 cm³/mol. The zero-order valence-corrected chi connectivity index (χ0v) is 22.1. The summed E-state index contributed by atoms with van der Waals surface area (Å²) in [6.07, 6.45) is -1.61. The number of likely N-dealkylation sites (N-methyl/N-ethyl adjacent to an activating group) is 1. The highest BCUT2D eigenvalue weighted by atomic mass is 19.4. The Balaban J connectivity index is 1.32. The van der Waals surface area contributed by atoms with Gasteiger partial charge in [0.1, 0.15) is 17.8 Å². The molecule has 1 fully saturated rings. The highest BCUT2D eigenvalue weighted by molar-refractivity contribution is 5.98. The van der Waals surface area contributed by atoms with Gasteiger partial charge in [-0.05, 0) is 35.9 Å². The van der Waals surface area contributed by atoms with Crippen molar-refractivity contribution in [3.8, 4) is 11.8 Å². The van der Waals surface area contributed by atoms with E-state index in [1.54, 1.807) is 36.5 Å². The van der Waals surface area contributed by atoms with E-state index in [1.165, 1.54) is 12.4 Å². The molecule has 40 heavy (non-hydrogen) atoms. The standard InChI is InChI=1S/C30H29F3N6O/c1-2-38-10-12-39(13-11-38)18-24-9-7-21(15-25(24)30(31,32)33)16-26(40)22-5-3-4-20(14-22)6-8-23-17-35-29-27(23)28(34)36-19-37-29/h3-5,7,9,14-15,17,19H,2,10-13,16,18H2,1H3,(H3,34,35,36,37). The van der Waals surface area contributed by atoms with Crippen molar-refractivity contribution < 1.29 is 18.0 Å². The first kappa shape index (κ1) is 27.4. The third kappa shape index (κ3) is 6.17. The first-order valence-electron chi connectivity index (χ1n) is 13.1. The number of nitrogen functional groups attached to an aromatic ring is 1. The number of H-pyrrole nitrogens is 1. The Morgan fingerprint density at radius 3 is 2.58 bits per heavy atom. The van der Waals surface area contributed by atoms with Crippen LogP contribution in [0.15, 0.2) is 55.0 Å². The number of alkyl halides is 3. The minimum atomic E-state index is -4.51. The van der Waals surface area contributed by atoms with Crippen molar-refractivity contribution in [3.05, 3.63) is 88.4 Å². The summed E-state index contributed by atoms with van der Waals surface area (Å²) in [7, 11) is 0. The van der Waals surface area contributed by atoms with E-state index in [4.69, 9.17) is 5.73 Å². The maximum Gasteiger partial charge on any atom is 0.416 e. The van der Waals surface area contributed by atoms with Gasteiger partial charge in [-0.3, -0.25) is 9.69 Å². The zero-order valence-electron chi connectivity index (χ0n) is 22.1. The number of rotatable bonds is 6. The summed E-state index contributed by atoms with van der Waals surface area (Å²) in [6.45, 7) is 6.40. The van der Waals surface area contributed by atoms with Crippen LogP contribution in [0, 0.1) is 11.8 Å². The molecule has 5 rings (SSSR count). The Kier molecular flexibility index (Phi) is 7.87. The van der Waals surface area contributed by atoms with E-state index >= 15 is 0 Å². The first-order valence-corrected chi connectivity index (χ1v) is 13.1. The number of aromatic nitrogens is 3. The smallest absolute Gasteiger partial charge is 0.383 e. The zero-order chi connectivity index (χ0) is 28.3. The number of aromatic amines is 1. The summed E-state index contributed by atoms with van der Waals surface area (Å²) in [5.41, 5.74) is 7.98. The molecule has 0 saturated carbocycles. The second-order valence-corrected chi connectivity index (χ2v) is 9.82. The number of ketones is 1. The fourth-order valence-electron chi connectivity index (χ4n) is 4.92. The number of nitrogens with two attached hydrogens (primary N) is 1. The molecule has 2 aromatic carbocycles. The van der Waals surface area contributed by atoms with E-state index < -0.39 is 11.7 Å². The molecule has 4 aromatic rings. The molecule has 1 aliphatic heterocycles. The van der Waals surface area contributed by atoms with E-state index in [0.29, 0.717) is 39.1 Å². The lowest BCUT2D eigenvalue weighted by atomic mass is 9.97. The molecule has 0 atom stereocenters. The van der Waals surface area contributed by atoms with Crippen LogP contribution in [0.3, 0.4) is 0 Å². The molecular weight excluding hydrogens is 517 g/mol. The molecule has 0 amide bonds. The molecule has 0 spiro atoms. The molecule has 0 aliphatic carbocycles. The number of anilines is 1. The Hall–Kier alpha value is -4.20. The van der Waals surface area contributed by atoms with Crippen LogP contribution in [0.25, 0.3) is 11.0 Å². The molecule has 3 N–H and O–H groups in total. The number of nitrogens with one attached hydrogen (secondary N) is 1. The van der Waals surface area contributed by atoms with E-state index in [1.807, 2.05) is 4.90 Å². The quantitative estimate of drug-likeness (QED) is 0.273. The van der Waals surface area contributed by atoms with E-state index in [0.717, 1.165) is 38.8 Å². The third-order valence-electron chi connectivity index (χ3n) is 7.18. The van der Waals surface area contributed by atoms with Gasteiger partial charge in [-0.15, -0.1) is 0 Å². The van der Waals surface area contributed by atoms with Crippen molar-refractivity contribution in [3.63, 3.8) is 0 Å². The van der Waals surface area contributed by atoms with Crippen LogP contribution in [0.2, 0.25) is 0 Å². The Bertz CT molecular complexity index is 1590. The molecule has 2 aromatic heterocycles. The Morgan fingerprint density at radius 1 is 1.05 bits per heavy atom. The van der Waals surface area contributed by atoms with Crippen LogP contribution in [0.4, 0.5) is 19.0 Å². The molecule has 1 saturated heterocycles. The van der Waals surface area contributed by atoms with Crippen LogP contribution < -0.4 is 5.73 Å². The second kappa shape index (κ2) is 11.5. The van der Waals surface area contributed by atoms with Gasteiger partial charge in [0, 0.05) is 56.5 Å². The molecule has 1 aliphatic rings. The van der Waals surface area contributed by atoms with Crippen LogP contribution in [-0.2, 0) is 19.1 Å². The lowest BCUT2D eigenvalue weighted by Gasteiger charge is -2.34. The van der Waals surface area contributed by atoms with Gasteiger partial charge in [0.2, 0.25) is 0 Å². The van der Waals surface area contributed by atoms with Gasteiger partial charge in [0.15, 0.2) is 5.78 Å². The Morgan fingerprint density at radius 2 is 1.82 bits per heavy atom. The number of nitrogens with zero attached hydrogens (tertiary/aromatic N) is 4. The summed E-state index contributed by atoms with van der Waals surface area (Å²) < 4.78 is 42.0. The van der Waals surface area contributed by atoms with Crippen molar-refractivity contribution in [1.82, 2.24) is 24.8 Å². The second-order valence-electron chi connectivity index (χ2n) is 9.82. The fourth-order valence-corrected chi connectivity index (χ4v) is 4.92. The van der Waals surface area contributed by atoms with Crippen molar-refractivity contribution in [1.29, 1.82) is 0 Å². The van der Waals surface area contributed by atoms with Gasteiger partial charge in [0.05, 0.1) is 16.5 Å². The number of fused-ring (bicyclic) bond motifs is 1. The molecule has 206 valence electrons. The van der Waals surface area contributed by atoms with Crippen LogP contribution in [0.5, 0.6) is 0 Å². The summed E-state index contributed by atoms with van der Waals surface area (Å²) in [5.74, 6) is 6.06. The summed E-state index contributed by atoms with van der Waals surface area (Å²) >= 11 is 0. The van der Waals surface area contributed by atoms with Crippen LogP contribution in [0.1, 0.15) is 45.1 Å². The molecule has 0 unspecified atom stereocenters. The normalized spacial score (nSPS) is 14.7. The molecule has 3 heterocycles. The van der Waals surface area contributed by atoms with Gasteiger partial charge in [-0.25, -0.2) is 9.97 Å². The van der Waals surface area contributed by atoms with E-state index in [9.17, 15) is 18.0 Å². The molecule has 7 nitrogen and oxygen atoms in total. The lowest BCUT2D eigenvalue weighted by molar-refractivity contribution is -0.138. The summed E-state index contributed by atoms with van der Waals surface area (Å²) in [4.78, 5) is 28.5. The maximum absolute atomic E-state index is 14.0.